The van der Waals surface area contributed by atoms with Crippen LogP contribution >= 0.6 is 0 Å². The molecule has 0 nitrogen and oxygen atoms in total. The van der Waals surface area contributed by atoms with Crippen molar-refractivity contribution in [3.05, 3.63) is 35.2 Å². The molecule has 14 heavy (non-hydrogen) atoms. The molecule has 0 aliphatic rings. The van der Waals surface area contributed by atoms with Crippen LogP contribution < -0.4 is 34.0 Å². The van der Waals surface area contributed by atoms with Gasteiger partial charge in [0.05, 0.1) is 0 Å². The Labute approximate surface area is 114 Å². The SMILES string of the molecule is Fc1cc(F)c(F)c(F)c1F.[Br-].[Br-].[Mg+2]. The minimum atomic E-state index is -2.14. The zero-order chi connectivity index (χ0) is 8.59. The van der Waals surface area contributed by atoms with Gasteiger partial charge in [0.25, 0.3) is 0 Å². The average molecular weight is 352 g/mol. The fourth-order valence-corrected chi connectivity index (χ4v) is 0.544. The first-order chi connectivity index (χ1) is 5.04. The van der Waals surface area contributed by atoms with E-state index in [4.69, 9.17) is 0 Å². The molecular formula is C6HBr2F5Mg. The number of benzene rings is 1. The summed E-state index contributed by atoms with van der Waals surface area (Å²) in [6.45, 7) is 0. The molecule has 0 N–H and O–H groups in total. The van der Waals surface area contributed by atoms with Crippen molar-refractivity contribution in [1.82, 2.24) is 0 Å². The Bertz CT molecular complexity index is 281. The van der Waals surface area contributed by atoms with Crippen LogP contribution in [0.2, 0.25) is 0 Å². The standard InChI is InChI=1S/C6HF5.2BrH.Mg/c7-2-1-3(8)5(10)6(11)4(2)9;;;/h1H;2*1H;/q;;;+2/p-2. The second-order valence-electron chi connectivity index (χ2n) is 1.78. The molecule has 0 atom stereocenters. The third-order valence-electron chi connectivity index (χ3n) is 1.06. The fourth-order valence-electron chi connectivity index (χ4n) is 0.544. The van der Waals surface area contributed by atoms with E-state index in [1.807, 2.05) is 0 Å². The van der Waals surface area contributed by atoms with Crippen molar-refractivity contribution >= 4 is 23.1 Å². The molecule has 0 spiro atoms. The van der Waals surface area contributed by atoms with Crippen molar-refractivity contribution in [3.8, 4) is 0 Å². The Morgan fingerprint density at radius 1 is 0.643 bits per heavy atom. The van der Waals surface area contributed by atoms with E-state index in [0.717, 1.165) is 0 Å². The summed E-state index contributed by atoms with van der Waals surface area (Å²) in [5.41, 5.74) is 0. The molecule has 0 bridgehead atoms. The van der Waals surface area contributed by atoms with Crippen LogP contribution in [0.25, 0.3) is 0 Å². The molecule has 0 heterocycles. The maximum Gasteiger partial charge on any atom is 2.00 e. The predicted molar refractivity (Wildman–Crippen MR) is 32.0 cm³/mol. The van der Waals surface area contributed by atoms with Gasteiger partial charge in [0, 0.05) is 6.07 Å². The third-order valence-corrected chi connectivity index (χ3v) is 1.06. The van der Waals surface area contributed by atoms with Crippen molar-refractivity contribution in [3.63, 3.8) is 0 Å². The number of halogens is 7. The van der Waals surface area contributed by atoms with Gasteiger partial charge in [-0.1, -0.05) is 0 Å². The summed E-state index contributed by atoms with van der Waals surface area (Å²) in [6, 6.07) is -0.0618. The molecule has 0 aromatic heterocycles. The van der Waals surface area contributed by atoms with Crippen LogP contribution in [0.1, 0.15) is 0 Å². The minimum Gasteiger partial charge on any atom is -1.00 e. The van der Waals surface area contributed by atoms with Gasteiger partial charge in [-0.05, 0) is 0 Å². The van der Waals surface area contributed by atoms with Crippen molar-refractivity contribution in [2.24, 2.45) is 0 Å². The second-order valence-corrected chi connectivity index (χ2v) is 1.78. The minimum absolute atomic E-state index is 0. The van der Waals surface area contributed by atoms with Crippen molar-refractivity contribution in [1.29, 1.82) is 0 Å². The summed E-state index contributed by atoms with van der Waals surface area (Å²) in [5, 5.41) is 0. The Morgan fingerprint density at radius 2 is 0.929 bits per heavy atom. The van der Waals surface area contributed by atoms with E-state index < -0.39 is 29.1 Å². The van der Waals surface area contributed by atoms with Crippen molar-refractivity contribution < 1.29 is 55.9 Å². The predicted octanol–water partition coefficient (Wildman–Crippen LogP) is -3.99. The van der Waals surface area contributed by atoms with Gasteiger partial charge in [-0.15, -0.1) is 0 Å². The zero-order valence-electron chi connectivity index (χ0n) is 6.43. The van der Waals surface area contributed by atoms with Gasteiger partial charge in [-0.2, -0.15) is 0 Å². The first kappa shape index (κ1) is 20.1. The van der Waals surface area contributed by atoms with E-state index in [1.165, 1.54) is 0 Å². The zero-order valence-corrected chi connectivity index (χ0v) is 11.0. The van der Waals surface area contributed by atoms with Crippen LogP contribution in [0.4, 0.5) is 22.0 Å². The van der Waals surface area contributed by atoms with Crippen LogP contribution in [-0.2, 0) is 0 Å². The van der Waals surface area contributed by atoms with Crippen LogP contribution in [0, 0.1) is 29.1 Å². The van der Waals surface area contributed by atoms with Gasteiger partial charge in [-0.3, -0.25) is 0 Å². The molecule has 0 saturated carbocycles. The van der Waals surface area contributed by atoms with Crippen molar-refractivity contribution in [2.45, 2.75) is 0 Å². The molecular weight excluding hydrogens is 351 g/mol. The van der Waals surface area contributed by atoms with Gasteiger partial charge in [0.1, 0.15) is 0 Å². The Balaban J connectivity index is -0.000000403. The second kappa shape index (κ2) is 7.83. The summed E-state index contributed by atoms with van der Waals surface area (Å²) in [4.78, 5) is 0. The smallest absolute Gasteiger partial charge is 1.00 e. The molecule has 0 aliphatic heterocycles. The largest absolute Gasteiger partial charge is 2.00 e. The average Bonchev–Trinajstić information content (AvgIpc) is 1.97. The number of rotatable bonds is 0. The van der Waals surface area contributed by atoms with Crippen LogP contribution in [-0.4, -0.2) is 23.1 Å². The van der Waals surface area contributed by atoms with E-state index in [2.05, 4.69) is 0 Å². The van der Waals surface area contributed by atoms with Gasteiger partial charge in [-0.25, -0.2) is 22.0 Å². The topological polar surface area (TPSA) is 0 Å². The summed E-state index contributed by atoms with van der Waals surface area (Å²) in [5.74, 6) is -9.65. The number of hydrogen-bond acceptors (Lipinski definition) is 0. The summed E-state index contributed by atoms with van der Waals surface area (Å²) < 4.78 is 60.0. The van der Waals surface area contributed by atoms with Crippen LogP contribution in [0.5, 0.6) is 0 Å². The first-order valence-corrected chi connectivity index (χ1v) is 2.52. The Morgan fingerprint density at radius 3 is 1.21 bits per heavy atom. The van der Waals surface area contributed by atoms with E-state index >= 15 is 0 Å². The molecule has 0 saturated heterocycles. The first-order valence-electron chi connectivity index (χ1n) is 2.52. The Hall–Kier alpha value is 0.596. The molecule has 0 fully saturated rings. The molecule has 0 amide bonds. The van der Waals surface area contributed by atoms with Crippen LogP contribution in [0.3, 0.4) is 0 Å². The normalized spacial score (nSPS) is 8.07. The fraction of sp³-hybridized carbons (Fsp3) is 0. The quantitative estimate of drug-likeness (QED) is 0.193. The molecule has 0 unspecified atom stereocenters. The monoisotopic (exact) mass is 350 g/mol. The van der Waals surface area contributed by atoms with Gasteiger partial charge in [0.2, 0.25) is 5.82 Å². The maximum absolute atomic E-state index is 12.0. The third kappa shape index (κ3) is 3.99. The van der Waals surface area contributed by atoms with Crippen molar-refractivity contribution in [2.75, 3.05) is 0 Å². The molecule has 0 radical (unpaired) electrons. The maximum atomic E-state index is 12.0. The van der Waals surface area contributed by atoms with Gasteiger partial charge >= 0.3 is 23.1 Å². The van der Waals surface area contributed by atoms with Gasteiger partial charge < -0.3 is 34.0 Å². The number of hydrogen-bond donors (Lipinski definition) is 0. The summed E-state index contributed by atoms with van der Waals surface area (Å²) >= 11 is 0. The van der Waals surface area contributed by atoms with E-state index in [-0.39, 0.29) is 63.1 Å². The molecule has 8 heteroatoms. The molecule has 1 aromatic carbocycles. The summed E-state index contributed by atoms with van der Waals surface area (Å²) in [6.07, 6.45) is 0. The van der Waals surface area contributed by atoms with Gasteiger partial charge in [0.15, 0.2) is 23.3 Å². The molecule has 1 rings (SSSR count). The van der Waals surface area contributed by atoms with Crippen LogP contribution in [0.15, 0.2) is 6.07 Å². The molecule has 1 aromatic rings. The van der Waals surface area contributed by atoms with E-state index in [1.54, 1.807) is 0 Å². The molecule has 0 aliphatic carbocycles. The summed E-state index contributed by atoms with van der Waals surface area (Å²) in [7, 11) is 0. The molecule has 76 valence electrons. The Kier molecular flexibility index (Phi) is 11.2. The van der Waals surface area contributed by atoms with E-state index in [0.29, 0.717) is 0 Å². The van der Waals surface area contributed by atoms with E-state index in [9.17, 15) is 22.0 Å².